The molecule has 0 bridgehead atoms. The van der Waals surface area contributed by atoms with Crippen molar-refractivity contribution < 1.29 is 5.11 Å². The molecular weight excluding hydrogens is 172 g/mol. The van der Waals surface area contributed by atoms with Crippen molar-refractivity contribution in [3.05, 3.63) is 23.3 Å². The summed E-state index contributed by atoms with van der Waals surface area (Å²) in [7, 11) is 0. The highest BCUT2D eigenvalue weighted by Crippen LogP contribution is 2.29. The van der Waals surface area contributed by atoms with E-state index in [9.17, 15) is 5.11 Å². The Bertz CT molecular complexity index is 242. The van der Waals surface area contributed by atoms with Crippen LogP contribution in [0.1, 0.15) is 52.9 Å². The predicted molar refractivity (Wildman–Crippen MR) is 61.2 cm³/mol. The molecule has 1 heteroatoms. The molecule has 0 aliphatic heterocycles. The van der Waals surface area contributed by atoms with Gasteiger partial charge in [-0.1, -0.05) is 23.3 Å². The number of aliphatic hydroxyl groups is 1. The molecule has 0 saturated heterocycles. The molecule has 1 atom stereocenters. The Labute approximate surface area is 87.5 Å². The van der Waals surface area contributed by atoms with E-state index in [0.717, 1.165) is 25.7 Å². The standard InChI is InChI=1S/C13H22O/c1-11(2)5-4-6-12-7-9-13(3,14)10-8-12/h5,7,14H,4,6,8-10H2,1-3H3. The average Bonchev–Trinajstić information content (AvgIpc) is 2.07. The van der Waals surface area contributed by atoms with Gasteiger partial charge in [-0.25, -0.2) is 0 Å². The van der Waals surface area contributed by atoms with E-state index in [1.165, 1.54) is 17.6 Å². The van der Waals surface area contributed by atoms with Crippen molar-refractivity contribution in [2.24, 2.45) is 0 Å². The van der Waals surface area contributed by atoms with Gasteiger partial charge >= 0.3 is 0 Å². The van der Waals surface area contributed by atoms with Gasteiger partial charge in [0.15, 0.2) is 0 Å². The molecule has 1 nitrogen and oxygen atoms in total. The molecular formula is C13H22O. The highest BCUT2D eigenvalue weighted by molar-refractivity contribution is 5.11. The van der Waals surface area contributed by atoms with E-state index in [4.69, 9.17) is 0 Å². The second-order valence-electron chi connectivity index (χ2n) is 4.88. The Morgan fingerprint density at radius 1 is 1.57 bits per heavy atom. The molecule has 1 aliphatic rings. The van der Waals surface area contributed by atoms with Crippen molar-refractivity contribution in [2.75, 3.05) is 0 Å². The first-order valence-electron chi connectivity index (χ1n) is 5.53. The third kappa shape index (κ3) is 4.10. The first-order chi connectivity index (χ1) is 6.49. The van der Waals surface area contributed by atoms with Gasteiger partial charge in [-0.05, 0) is 52.9 Å². The van der Waals surface area contributed by atoms with Gasteiger partial charge in [-0.3, -0.25) is 0 Å². The molecule has 0 saturated carbocycles. The van der Waals surface area contributed by atoms with Crippen LogP contribution in [-0.2, 0) is 0 Å². The van der Waals surface area contributed by atoms with Gasteiger partial charge in [0.05, 0.1) is 5.60 Å². The zero-order valence-electron chi connectivity index (χ0n) is 9.64. The number of hydrogen-bond acceptors (Lipinski definition) is 1. The molecule has 1 rings (SSSR count). The molecule has 0 aromatic rings. The van der Waals surface area contributed by atoms with Gasteiger partial charge in [-0.15, -0.1) is 0 Å². The van der Waals surface area contributed by atoms with Gasteiger partial charge in [0.2, 0.25) is 0 Å². The fourth-order valence-corrected chi connectivity index (χ4v) is 1.77. The second-order valence-corrected chi connectivity index (χ2v) is 4.88. The Balaban J connectivity index is 2.34. The van der Waals surface area contributed by atoms with Crippen LogP contribution >= 0.6 is 0 Å². The summed E-state index contributed by atoms with van der Waals surface area (Å²) < 4.78 is 0. The van der Waals surface area contributed by atoms with E-state index in [0.29, 0.717) is 0 Å². The van der Waals surface area contributed by atoms with E-state index >= 15 is 0 Å². The number of hydrogen-bond donors (Lipinski definition) is 1. The molecule has 1 N–H and O–H groups in total. The highest BCUT2D eigenvalue weighted by atomic mass is 16.3. The van der Waals surface area contributed by atoms with Gasteiger partial charge < -0.3 is 5.11 Å². The molecule has 0 amide bonds. The molecule has 1 unspecified atom stereocenters. The molecule has 1 aliphatic carbocycles. The molecule has 0 radical (unpaired) electrons. The fraction of sp³-hybridized carbons (Fsp3) is 0.692. The summed E-state index contributed by atoms with van der Waals surface area (Å²) in [6.45, 7) is 6.20. The van der Waals surface area contributed by atoms with Gasteiger partial charge in [0.1, 0.15) is 0 Å². The van der Waals surface area contributed by atoms with Crippen LogP contribution < -0.4 is 0 Å². The highest BCUT2D eigenvalue weighted by Gasteiger charge is 2.22. The number of rotatable bonds is 3. The minimum Gasteiger partial charge on any atom is -0.390 e. The van der Waals surface area contributed by atoms with Gasteiger partial charge in [-0.2, -0.15) is 0 Å². The summed E-state index contributed by atoms with van der Waals surface area (Å²) in [6.07, 6.45) is 9.65. The largest absolute Gasteiger partial charge is 0.390 e. The van der Waals surface area contributed by atoms with E-state index in [-0.39, 0.29) is 0 Å². The summed E-state index contributed by atoms with van der Waals surface area (Å²) in [4.78, 5) is 0. The maximum Gasteiger partial charge on any atom is 0.0657 e. The Kier molecular flexibility index (Phi) is 3.94. The fourth-order valence-electron chi connectivity index (χ4n) is 1.77. The summed E-state index contributed by atoms with van der Waals surface area (Å²) in [5.74, 6) is 0. The van der Waals surface area contributed by atoms with Crippen molar-refractivity contribution >= 4 is 0 Å². The van der Waals surface area contributed by atoms with Crippen LogP contribution in [-0.4, -0.2) is 10.7 Å². The second kappa shape index (κ2) is 4.79. The van der Waals surface area contributed by atoms with Crippen LogP contribution in [0.15, 0.2) is 23.3 Å². The van der Waals surface area contributed by atoms with Crippen molar-refractivity contribution in [1.29, 1.82) is 0 Å². The van der Waals surface area contributed by atoms with Crippen molar-refractivity contribution in [1.82, 2.24) is 0 Å². The van der Waals surface area contributed by atoms with E-state index in [1.807, 2.05) is 6.92 Å². The van der Waals surface area contributed by atoms with E-state index in [2.05, 4.69) is 26.0 Å². The van der Waals surface area contributed by atoms with Crippen LogP contribution in [0, 0.1) is 0 Å². The lowest BCUT2D eigenvalue weighted by molar-refractivity contribution is 0.0491. The Morgan fingerprint density at radius 3 is 2.79 bits per heavy atom. The molecule has 0 fully saturated rings. The predicted octanol–water partition coefficient (Wildman–Crippen LogP) is 3.59. The number of allylic oxidation sites excluding steroid dienone is 3. The molecule has 80 valence electrons. The zero-order chi connectivity index (χ0) is 10.6. The van der Waals surface area contributed by atoms with E-state index < -0.39 is 5.60 Å². The summed E-state index contributed by atoms with van der Waals surface area (Å²) >= 11 is 0. The summed E-state index contributed by atoms with van der Waals surface area (Å²) in [5.41, 5.74) is 2.47. The third-order valence-corrected chi connectivity index (χ3v) is 2.83. The first kappa shape index (κ1) is 11.5. The summed E-state index contributed by atoms with van der Waals surface area (Å²) in [5, 5.41) is 9.75. The Morgan fingerprint density at radius 2 is 2.29 bits per heavy atom. The van der Waals surface area contributed by atoms with Gasteiger partial charge in [0.25, 0.3) is 0 Å². The van der Waals surface area contributed by atoms with Gasteiger partial charge in [0, 0.05) is 0 Å². The van der Waals surface area contributed by atoms with Crippen LogP contribution in [0.2, 0.25) is 0 Å². The molecule has 0 heterocycles. The lowest BCUT2D eigenvalue weighted by atomic mass is 9.85. The smallest absolute Gasteiger partial charge is 0.0657 e. The third-order valence-electron chi connectivity index (χ3n) is 2.83. The zero-order valence-corrected chi connectivity index (χ0v) is 9.64. The van der Waals surface area contributed by atoms with Crippen LogP contribution in [0.3, 0.4) is 0 Å². The van der Waals surface area contributed by atoms with Crippen LogP contribution in [0.4, 0.5) is 0 Å². The van der Waals surface area contributed by atoms with Crippen LogP contribution in [0.25, 0.3) is 0 Å². The summed E-state index contributed by atoms with van der Waals surface area (Å²) in [6, 6.07) is 0. The molecule has 0 aromatic carbocycles. The Hall–Kier alpha value is -0.560. The maximum atomic E-state index is 9.75. The van der Waals surface area contributed by atoms with E-state index in [1.54, 1.807) is 0 Å². The lowest BCUT2D eigenvalue weighted by Crippen LogP contribution is -2.25. The minimum atomic E-state index is -0.444. The van der Waals surface area contributed by atoms with Crippen LogP contribution in [0.5, 0.6) is 0 Å². The SMILES string of the molecule is CC(C)=CCCC1=CCC(C)(O)CC1. The lowest BCUT2D eigenvalue weighted by Gasteiger charge is -2.27. The first-order valence-corrected chi connectivity index (χ1v) is 5.53. The molecule has 14 heavy (non-hydrogen) atoms. The maximum absolute atomic E-state index is 9.75. The average molecular weight is 194 g/mol. The van der Waals surface area contributed by atoms with Crippen molar-refractivity contribution in [3.8, 4) is 0 Å². The minimum absolute atomic E-state index is 0.444. The van der Waals surface area contributed by atoms with Crippen molar-refractivity contribution in [3.63, 3.8) is 0 Å². The topological polar surface area (TPSA) is 20.2 Å². The van der Waals surface area contributed by atoms with Crippen molar-refractivity contribution in [2.45, 2.75) is 58.5 Å². The molecule has 0 aromatic heterocycles. The normalized spacial score (nSPS) is 27.0. The monoisotopic (exact) mass is 194 g/mol. The molecule has 0 spiro atoms. The quantitative estimate of drug-likeness (QED) is 0.681.